The third-order valence-electron chi connectivity index (χ3n) is 5.23. The summed E-state index contributed by atoms with van der Waals surface area (Å²) >= 11 is 0. The second-order valence-corrected chi connectivity index (χ2v) is 6.91. The molecule has 0 saturated heterocycles. The molecule has 0 aromatic heterocycles. The first-order chi connectivity index (χ1) is 13.7. The summed E-state index contributed by atoms with van der Waals surface area (Å²) < 4.78 is 0. The summed E-state index contributed by atoms with van der Waals surface area (Å²) in [6.07, 6.45) is 0. The molecule has 0 radical (unpaired) electrons. The van der Waals surface area contributed by atoms with Crippen molar-refractivity contribution in [3.8, 4) is 11.5 Å². The summed E-state index contributed by atoms with van der Waals surface area (Å²) in [7, 11) is 0. The van der Waals surface area contributed by atoms with Crippen LogP contribution in [-0.4, -0.2) is 10.2 Å². The van der Waals surface area contributed by atoms with E-state index in [0.29, 0.717) is 21.5 Å². The van der Waals surface area contributed by atoms with Gasteiger partial charge in [-0.3, -0.25) is 9.98 Å². The summed E-state index contributed by atoms with van der Waals surface area (Å²) in [5.41, 5.74) is 2.02. The maximum absolute atomic E-state index is 10.9. The molecule has 2 N–H and O–H groups in total. The molecule has 0 spiro atoms. The number of aromatic hydroxyl groups is 2. The standard InChI is InChI=1S/C24H18N2O2/c27-23-17-13-7-8-14-18(17)24(28)22-21(23)25-19(15-9-3-1-4-10-15)20(26-22)16-11-5-2-6-12-16/h1-14,19-20,27-28H. The number of nitrogens with zero attached hydrogens (tertiary/aromatic N) is 2. The van der Waals surface area contributed by atoms with E-state index in [1.54, 1.807) is 12.1 Å². The lowest BCUT2D eigenvalue weighted by Crippen LogP contribution is -2.33. The maximum Gasteiger partial charge on any atom is 0.151 e. The number of benzene rings is 4. The summed E-state index contributed by atoms with van der Waals surface area (Å²) in [4.78, 5) is 9.76. The normalized spacial score (nSPS) is 18.1. The Morgan fingerprint density at radius 3 is 1.25 bits per heavy atom. The zero-order chi connectivity index (χ0) is 19.1. The van der Waals surface area contributed by atoms with E-state index in [4.69, 9.17) is 9.98 Å². The predicted octanol–water partition coefficient (Wildman–Crippen LogP) is 3.99. The van der Waals surface area contributed by atoms with Gasteiger partial charge >= 0.3 is 0 Å². The van der Waals surface area contributed by atoms with E-state index in [2.05, 4.69) is 0 Å². The van der Waals surface area contributed by atoms with Crippen molar-refractivity contribution in [3.63, 3.8) is 0 Å². The monoisotopic (exact) mass is 366 g/mol. The van der Waals surface area contributed by atoms with Gasteiger partial charge in [0.25, 0.3) is 0 Å². The van der Waals surface area contributed by atoms with Crippen LogP contribution in [-0.2, 0) is 0 Å². The van der Waals surface area contributed by atoms with Gasteiger partial charge in [-0.05, 0) is 11.1 Å². The number of hydrogen-bond donors (Lipinski definition) is 2. The first kappa shape index (κ1) is 16.5. The molecule has 1 aliphatic rings. The van der Waals surface area contributed by atoms with Crippen molar-refractivity contribution in [2.75, 3.05) is 0 Å². The Bertz CT molecular complexity index is 1180. The highest BCUT2D eigenvalue weighted by molar-refractivity contribution is 5.92. The molecule has 4 aromatic rings. The van der Waals surface area contributed by atoms with Gasteiger partial charge in [0, 0.05) is 10.8 Å². The SMILES string of the molecule is Oc1c2c(c(O)c3ccccc13)=NC(c1ccccc1)C(c1ccccc1)N=2. The quantitative estimate of drug-likeness (QED) is 0.527. The lowest BCUT2D eigenvalue weighted by molar-refractivity contribution is 0.438. The highest BCUT2D eigenvalue weighted by atomic mass is 16.3. The van der Waals surface area contributed by atoms with Crippen molar-refractivity contribution in [1.29, 1.82) is 0 Å². The molecule has 4 nitrogen and oxygen atoms in total. The molecule has 2 atom stereocenters. The van der Waals surface area contributed by atoms with Crippen molar-refractivity contribution < 1.29 is 10.2 Å². The Morgan fingerprint density at radius 2 is 0.857 bits per heavy atom. The van der Waals surface area contributed by atoms with E-state index in [1.807, 2.05) is 72.8 Å². The van der Waals surface area contributed by atoms with Crippen LogP contribution in [0.2, 0.25) is 0 Å². The molecule has 0 aliphatic carbocycles. The van der Waals surface area contributed by atoms with Gasteiger partial charge in [-0.25, -0.2) is 0 Å². The Balaban J connectivity index is 1.86. The summed E-state index contributed by atoms with van der Waals surface area (Å²) in [6.45, 7) is 0. The summed E-state index contributed by atoms with van der Waals surface area (Å²) in [6, 6.07) is 26.5. The number of phenolic OH excluding ortho intramolecular Hbond substituents is 2. The number of fused-ring (bicyclic) bond motifs is 2. The van der Waals surface area contributed by atoms with Crippen LogP contribution in [0.25, 0.3) is 10.8 Å². The van der Waals surface area contributed by atoms with Crippen molar-refractivity contribution in [2.24, 2.45) is 9.98 Å². The molecule has 0 bridgehead atoms. The van der Waals surface area contributed by atoms with E-state index in [9.17, 15) is 10.2 Å². The second kappa shape index (κ2) is 6.50. The fourth-order valence-electron chi connectivity index (χ4n) is 3.85. The van der Waals surface area contributed by atoms with Gasteiger partial charge in [0.2, 0.25) is 0 Å². The predicted molar refractivity (Wildman–Crippen MR) is 108 cm³/mol. The average molecular weight is 366 g/mol. The molecule has 4 heteroatoms. The van der Waals surface area contributed by atoms with Gasteiger partial charge in [-0.15, -0.1) is 0 Å². The van der Waals surface area contributed by atoms with Crippen molar-refractivity contribution >= 4 is 10.8 Å². The molecule has 136 valence electrons. The molecule has 1 aliphatic heterocycles. The number of rotatable bonds is 2. The second-order valence-electron chi connectivity index (χ2n) is 6.91. The van der Waals surface area contributed by atoms with Crippen LogP contribution < -0.4 is 10.7 Å². The fourth-order valence-corrected chi connectivity index (χ4v) is 3.85. The minimum atomic E-state index is -0.289. The highest BCUT2D eigenvalue weighted by Gasteiger charge is 2.28. The summed E-state index contributed by atoms with van der Waals surface area (Å²) in [5, 5.41) is 23.6. The topological polar surface area (TPSA) is 65.2 Å². The fraction of sp³-hybridized carbons (Fsp3) is 0.0833. The van der Waals surface area contributed by atoms with E-state index in [-0.39, 0.29) is 23.6 Å². The van der Waals surface area contributed by atoms with Gasteiger partial charge in [0.05, 0.1) is 0 Å². The van der Waals surface area contributed by atoms with Crippen molar-refractivity contribution in [1.82, 2.24) is 0 Å². The smallest absolute Gasteiger partial charge is 0.151 e. The molecule has 0 amide bonds. The molecule has 4 aromatic carbocycles. The van der Waals surface area contributed by atoms with E-state index in [1.165, 1.54) is 0 Å². The lowest BCUT2D eigenvalue weighted by Gasteiger charge is -2.25. The first-order valence-corrected chi connectivity index (χ1v) is 9.22. The van der Waals surface area contributed by atoms with Crippen LogP contribution in [0.15, 0.2) is 94.9 Å². The van der Waals surface area contributed by atoms with Gasteiger partial charge in [-0.1, -0.05) is 84.9 Å². The van der Waals surface area contributed by atoms with E-state index < -0.39 is 0 Å². The molecule has 1 heterocycles. The van der Waals surface area contributed by atoms with Crippen LogP contribution in [0.4, 0.5) is 0 Å². The first-order valence-electron chi connectivity index (χ1n) is 9.22. The van der Waals surface area contributed by atoms with Crippen LogP contribution in [0, 0.1) is 0 Å². The Kier molecular flexibility index (Phi) is 3.83. The summed E-state index contributed by atoms with van der Waals surface area (Å²) in [5.74, 6) is 0.110. The molecule has 0 fully saturated rings. The van der Waals surface area contributed by atoms with Crippen LogP contribution >= 0.6 is 0 Å². The molecule has 5 rings (SSSR count). The Morgan fingerprint density at radius 1 is 0.500 bits per heavy atom. The van der Waals surface area contributed by atoms with Gasteiger partial charge < -0.3 is 10.2 Å². The van der Waals surface area contributed by atoms with Crippen molar-refractivity contribution in [2.45, 2.75) is 12.1 Å². The van der Waals surface area contributed by atoms with Crippen molar-refractivity contribution in [3.05, 3.63) is 107 Å². The molecule has 28 heavy (non-hydrogen) atoms. The van der Waals surface area contributed by atoms with E-state index >= 15 is 0 Å². The third kappa shape index (κ3) is 2.54. The zero-order valence-electron chi connectivity index (χ0n) is 15.0. The van der Waals surface area contributed by atoms with Crippen LogP contribution in [0.1, 0.15) is 23.2 Å². The molecule has 0 saturated carbocycles. The van der Waals surface area contributed by atoms with E-state index in [0.717, 1.165) is 11.1 Å². The number of phenols is 2. The minimum absolute atomic E-state index is 0.0552. The lowest BCUT2D eigenvalue weighted by atomic mass is 9.93. The van der Waals surface area contributed by atoms with Gasteiger partial charge in [-0.2, -0.15) is 0 Å². The Labute approximate surface area is 161 Å². The van der Waals surface area contributed by atoms with Crippen LogP contribution in [0.3, 0.4) is 0 Å². The van der Waals surface area contributed by atoms with Gasteiger partial charge in [0.1, 0.15) is 22.8 Å². The highest BCUT2D eigenvalue weighted by Crippen LogP contribution is 2.37. The zero-order valence-corrected chi connectivity index (χ0v) is 15.0. The molecule has 2 unspecified atom stereocenters. The minimum Gasteiger partial charge on any atom is -0.505 e. The Hall–Kier alpha value is -3.66. The van der Waals surface area contributed by atoms with Crippen LogP contribution in [0.5, 0.6) is 11.5 Å². The maximum atomic E-state index is 10.9. The average Bonchev–Trinajstić information content (AvgIpc) is 2.78. The third-order valence-corrected chi connectivity index (χ3v) is 5.23. The van der Waals surface area contributed by atoms with Gasteiger partial charge in [0.15, 0.2) is 11.5 Å². The largest absolute Gasteiger partial charge is 0.505 e. The molecular formula is C24H18N2O2. The molecular weight excluding hydrogens is 348 g/mol. The number of hydrogen-bond acceptors (Lipinski definition) is 4.